The Balaban J connectivity index is 0.00000222. The number of carbonyl (C=O) groups is 2. The third-order valence-electron chi connectivity index (χ3n) is 4.73. The van der Waals surface area contributed by atoms with Crippen LogP contribution in [0.25, 0.3) is 0 Å². The monoisotopic (exact) mass is 495 g/mol. The lowest BCUT2D eigenvalue weighted by molar-refractivity contribution is -0.116. The molecule has 11 nitrogen and oxygen atoms in total. The molecule has 1 aromatic carbocycles. The molecule has 2 aromatic rings. The molecule has 2 amide bonds. The summed E-state index contributed by atoms with van der Waals surface area (Å²) < 4.78 is 5.59. The molecule has 2 heterocycles. The number of nitrogens with one attached hydrogen (secondary N) is 2. The highest BCUT2D eigenvalue weighted by molar-refractivity contribution is 6.16. The molecule has 1 aromatic heterocycles. The average Bonchev–Trinajstić information content (AvgIpc) is 2.85. The van der Waals surface area contributed by atoms with Crippen LogP contribution in [0.4, 0.5) is 17.2 Å². The van der Waals surface area contributed by atoms with Gasteiger partial charge in [0, 0.05) is 24.3 Å². The summed E-state index contributed by atoms with van der Waals surface area (Å²) in [5.41, 5.74) is 7.81. The number of nitrogen functional groups attached to an aromatic ring is 1. The number of anilines is 2. The fourth-order valence-electron chi connectivity index (χ4n) is 3.04. The Labute approximate surface area is 210 Å². The third kappa shape index (κ3) is 7.90. The molecule has 0 radical (unpaired) electrons. The highest BCUT2D eigenvalue weighted by Crippen LogP contribution is 2.27. The zero-order valence-corrected chi connectivity index (χ0v) is 21.2. The van der Waals surface area contributed by atoms with Gasteiger partial charge in [-0.3, -0.25) is 14.6 Å². The summed E-state index contributed by atoms with van der Waals surface area (Å²) in [6, 6.07) is 4.67. The molecule has 0 spiro atoms. The molecule has 3 rings (SSSR count). The van der Waals surface area contributed by atoms with E-state index in [4.69, 9.17) is 15.3 Å². The van der Waals surface area contributed by atoms with E-state index in [2.05, 4.69) is 37.3 Å². The fraction of sp³-hybridized carbons (Fsp3) is 0.360. The first-order chi connectivity index (χ1) is 17.2. The van der Waals surface area contributed by atoms with Gasteiger partial charge in [0.2, 0.25) is 5.91 Å². The van der Waals surface area contributed by atoms with Crippen molar-refractivity contribution in [2.24, 2.45) is 10.1 Å². The SMILES string of the molecule is C=C(O/N=C/C=Nc1ccc(OC(C)C)cc1N)C(C)NC(=O)c1ncnc2c1CCC(=O)N2.CC. The van der Waals surface area contributed by atoms with Crippen molar-refractivity contribution in [2.45, 2.75) is 59.6 Å². The molecule has 36 heavy (non-hydrogen) atoms. The summed E-state index contributed by atoms with van der Waals surface area (Å²) in [7, 11) is 0. The number of hydrogen-bond acceptors (Lipinski definition) is 9. The summed E-state index contributed by atoms with van der Waals surface area (Å²) in [6.07, 6.45) is 4.69. The number of carbonyl (C=O) groups excluding carboxylic acids is 2. The van der Waals surface area contributed by atoms with E-state index in [9.17, 15) is 9.59 Å². The van der Waals surface area contributed by atoms with Crippen LogP contribution in [0.3, 0.4) is 0 Å². The maximum absolute atomic E-state index is 12.7. The zero-order chi connectivity index (χ0) is 26.7. The van der Waals surface area contributed by atoms with Crippen LogP contribution in [0, 0.1) is 0 Å². The highest BCUT2D eigenvalue weighted by Gasteiger charge is 2.24. The number of amides is 2. The Hall–Kier alpha value is -4.28. The van der Waals surface area contributed by atoms with Crippen molar-refractivity contribution in [1.82, 2.24) is 15.3 Å². The zero-order valence-electron chi connectivity index (χ0n) is 21.2. The van der Waals surface area contributed by atoms with Gasteiger partial charge in [0.05, 0.1) is 29.7 Å². The lowest BCUT2D eigenvalue weighted by Gasteiger charge is -2.19. The lowest BCUT2D eigenvalue weighted by Crippen LogP contribution is -2.36. The highest BCUT2D eigenvalue weighted by atomic mass is 16.6. The number of hydrogen-bond donors (Lipinski definition) is 3. The smallest absolute Gasteiger partial charge is 0.270 e. The second kappa shape index (κ2) is 13.6. The van der Waals surface area contributed by atoms with Gasteiger partial charge >= 0.3 is 0 Å². The Bertz CT molecular complexity index is 1150. The minimum Gasteiger partial charge on any atom is -0.491 e. The molecule has 0 fully saturated rings. The summed E-state index contributed by atoms with van der Waals surface area (Å²) >= 11 is 0. The predicted molar refractivity (Wildman–Crippen MR) is 141 cm³/mol. The molecule has 11 heteroatoms. The lowest BCUT2D eigenvalue weighted by atomic mass is 10.0. The van der Waals surface area contributed by atoms with Crippen LogP contribution in [0.5, 0.6) is 5.75 Å². The molecule has 1 unspecified atom stereocenters. The van der Waals surface area contributed by atoms with Crippen molar-refractivity contribution >= 4 is 41.4 Å². The van der Waals surface area contributed by atoms with Crippen molar-refractivity contribution in [2.75, 3.05) is 11.1 Å². The van der Waals surface area contributed by atoms with Crippen molar-refractivity contribution < 1.29 is 19.2 Å². The number of nitrogens with zero attached hydrogens (tertiary/aromatic N) is 4. The summed E-state index contributed by atoms with van der Waals surface area (Å²) in [5.74, 6) is 0.657. The number of rotatable bonds is 9. The summed E-state index contributed by atoms with van der Waals surface area (Å²) in [4.78, 5) is 41.7. The van der Waals surface area contributed by atoms with Crippen LogP contribution >= 0.6 is 0 Å². The van der Waals surface area contributed by atoms with Gasteiger partial charge in [-0.1, -0.05) is 25.6 Å². The predicted octanol–water partition coefficient (Wildman–Crippen LogP) is 3.79. The Kier molecular flexibility index (Phi) is 10.5. The summed E-state index contributed by atoms with van der Waals surface area (Å²) in [5, 5.41) is 9.18. The van der Waals surface area contributed by atoms with Crippen molar-refractivity contribution in [3.05, 3.63) is 48.1 Å². The molecule has 1 atom stereocenters. The topological polar surface area (TPSA) is 153 Å². The van der Waals surface area contributed by atoms with Gasteiger partial charge in [-0.2, -0.15) is 0 Å². The molecule has 0 bridgehead atoms. The van der Waals surface area contributed by atoms with Gasteiger partial charge in [0.1, 0.15) is 29.3 Å². The molecule has 1 aliphatic rings. The van der Waals surface area contributed by atoms with Gasteiger partial charge in [-0.05, 0) is 39.3 Å². The maximum Gasteiger partial charge on any atom is 0.270 e. The van der Waals surface area contributed by atoms with Gasteiger partial charge in [0.25, 0.3) is 5.91 Å². The molecule has 1 aliphatic heterocycles. The third-order valence-corrected chi connectivity index (χ3v) is 4.73. The van der Waals surface area contributed by atoms with Crippen molar-refractivity contribution in [1.29, 1.82) is 0 Å². The van der Waals surface area contributed by atoms with Gasteiger partial charge < -0.3 is 25.9 Å². The van der Waals surface area contributed by atoms with Crippen LogP contribution in [-0.4, -0.2) is 46.4 Å². The van der Waals surface area contributed by atoms with Gasteiger partial charge in [-0.15, -0.1) is 0 Å². The number of aliphatic imine (C=N–C) groups is 1. The van der Waals surface area contributed by atoms with E-state index in [1.54, 1.807) is 25.1 Å². The minimum absolute atomic E-state index is 0.0484. The van der Waals surface area contributed by atoms with Gasteiger partial charge in [0.15, 0.2) is 0 Å². The van der Waals surface area contributed by atoms with Crippen LogP contribution < -0.4 is 21.1 Å². The standard InChI is InChI=1S/C23H27N7O4.C2H6/c1-13(2)33-16-5-7-19(18(24)11-16)25-9-10-28-34-15(4)14(3)29-23(32)21-17-6-8-20(31)30-22(17)27-12-26-21;1-2/h5,7,9-14H,4,6,8,24H2,1-3H3,(H,29,32)(H,26,27,30,31);1-2H3/b25-9?,28-10+;. The van der Waals surface area contributed by atoms with E-state index < -0.39 is 11.9 Å². The Morgan fingerprint density at radius 1 is 1.22 bits per heavy atom. The largest absolute Gasteiger partial charge is 0.491 e. The molecular weight excluding hydrogens is 462 g/mol. The number of oxime groups is 1. The van der Waals surface area contributed by atoms with E-state index in [1.807, 2.05) is 27.7 Å². The van der Waals surface area contributed by atoms with E-state index in [0.29, 0.717) is 34.9 Å². The van der Waals surface area contributed by atoms with Crippen LogP contribution in [0.2, 0.25) is 0 Å². The number of aromatic nitrogens is 2. The normalized spacial score (nSPS) is 13.4. The first kappa shape index (κ1) is 28.0. The van der Waals surface area contributed by atoms with Crippen molar-refractivity contribution in [3.8, 4) is 5.75 Å². The van der Waals surface area contributed by atoms with E-state index in [-0.39, 0.29) is 29.9 Å². The molecule has 0 saturated heterocycles. The number of ether oxygens (including phenoxy) is 1. The number of fused-ring (bicyclic) bond motifs is 1. The van der Waals surface area contributed by atoms with E-state index >= 15 is 0 Å². The summed E-state index contributed by atoms with van der Waals surface area (Å²) in [6.45, 7) is 13.3. The van der Waals surface area contributed by atoms with E-state index in [1.165, 1.54) is 18.8 Å². The first-order valence-electron chi connectivity index (χ1n) is 11.7. The van der Waals surface area contributed by atoms with Crippen LogP contribution in [0.15, 0.2) is 47.0 Å². The molecule has 0 saturated carbocycles. The Morgan fingerprint density at radius 3 is 2.67 bits per heavy atom. The average molecular weight is 496 g/mol. The van der Waals surface area contributed by atoms with Crippen LogP contribution in [0.1, 0.15) is 57.1 Å². The molecular formula is C25H33N7O4. The first-order valence-corrected chi connectivity index (χ1v) is 11.7. The minimum atomic E-state index is -0.561. The molecule has 192 valence electrons. The van der Waals surface area contributed by atoms with Crippen LogP contribution in [-0.2, 0) is 16.1 Å². The number of benzene rings is 1. The molecule has 0 aliphatic carbocycles. The van der Waals surface area contributed by atoms with Crippen molar-refractivity contribution in [3.63, 3.8) is 0 Å². The van der Waals surface area contributed by atoms with Gasteiger partial charge in [-0.25, -0.2) is 9.97 Å². The molecule has 4 N–H and O–H groups in total. The second-order valence-corrected chi connectivity index (χ2v) is 7.77. The quantitative estimate of drug-likeness (QED) is 0.207. The number of nitrogens with two attached hydrogens (primary N) is 1. The van der Waals surface area contributed by atoms with E-state index in [0.717, 1.165) is 0 Å². The fourth-order valence-corrected chi connectivity index (χ4v) is 3.04. The Morgan fingerprint density at radius 2 is 1.97 bits per heavy atom. The second-order valence-electron chi connectivity index (χ2n) is 7.77. The maximum atomic E-state index is 12.7.